The average Bonchev–Trinajstić information content (AvgIpc) is 2.65. The largest absolute Gasteiger partial charge is 0.497 e. The lowest BCUT2D eigenvalue weighted by atomic mass is 10.0. The number of nitrogens with one attached hydrogen (secondary N) is 1. The van der Waals surface area contributed by atoms with Gasteiger partial charge in [-0.05, 0) is 43.2 Å². The summed E-state index contributed by atoms with van der Waals surface area (Å²) in [5.41, 5.74) is 1.39. The molecule has 0 saturated heterocycles. The van der Waals surface area contributed by atoms with E-state index in [2.05, 4.69) is 5.32 Å². The maximum Gasteiger partial charge on any atom is 0.244 e. The highest BCUT2D eigenvalue weighted by molar-refractivity contribution is 7.92. The third-order valence-electron chi connectivity index (χ3n) is 4.34. The number of carbonyl (C=O) groups is 1. The van der Waals surface area contributed by atoms with Gasteiger partial charge in [0, 0.05) is 0 Å². The highest BCUT2D eigenvalue weighted by Gasteiger charge is 2.30. The molecule has 0 fully saturated rings. The summed E-state index contributed by atoms with van der Waals surface area (Å²) in [6.07, 6.45) is 1.78. The smallest absolute Gasteiger partial charge is 0.244 e. The summed E-state index contributed by atoms with van der Waals surface area (Å²) >= 11 is 0. The van der Waals surface area contributed by atoms with Crippen LogP contribution in [0.1, 0.15) is 31.9 Å². The number of amides is 1. The number of methoxy groups -OCH3 is 1. The first-order valence-corrected chi connectivity index (χ1v) is 10.6. The lowest BCUT2D eigenvalue weighted by Gasteiger charge is -2.29. The quantitative estimate of drug-likeness (QED) is 0.751. The summed E-state index contributed by atoms with van der Waals surface area (Å²) < 4.78 is 30.9. The van der Waals surface area contributed by atoms with Crippen molar-refractivity contribution in [3.05, 3.63) is 60.2 Å². The molecule has 7 heteroatoms. The van der Waals surface area contributed by atoms with Crippen molar-refractivity contribution in [3.8, 4) is 5.75 Å². The van der Waals surface area contributed by atoms with Gasteiger partial charge in [-0.1, -0.05) is 37.3 Å². The van der Waals surface area contributed by atoms with Gasteiger partial charge in [-0.25, -0.2) is 8.42 Å². The molecule has 2 rings (SSSR count). The Labute approximate surface area is 161 Å². The first-order chi connectivity index (χ1) is 12.8. The summed E-state index contributed by atoms with van der Waals surface area (Å²) in [5.74, 6) is 0.382. The molecule has 0 aliphatic carbocycles. The summed E-state index contributed by atoms with van der Waals surface area (Å²) in [7, 11) is -2.03. The predicted octanol–water partition coefficient (Wildman–Crippen LogP) is 3.12. The normalized spacial score (nSPS) is 13.5. The Morgan fingerprint density at radius 1 is 1.11 bits per heavy atom. The van der Waals surface area contributed by atoms with Gasteiger partial charge in [-0.2, -0.15) is 0 Å². The Morgan fingerprint density at radius 3 is 2.19 bits per heavy atom. The SMILES string of the molecule is CC[C@@H](NC(=O)[C@@H](C)N(c1ccccc1)S(C)(=O)=O)c1ccc(OC)cc1. The van der Waals surface area contributed by atoms with Crippen LogP contribution < -0.4 is 14.4 Å². The molecule has 0 unspecified atom stereocenters. The minimum absolute atomic E-state index is 0.219. The Balaban J connectivity index is 2.22. The first-order valence-electron chi connectivity index (χ1n) is 8.76. The van der Waals surface area contributed by atoms with Crippen LogP contribution in [0.4, 0.5) is 5.69 Å². The standard InChI is InChI=1S/C20H26N2O4S/c1-5-19(16-11-13-18(26-3)14-12-16)21-20(23)15(2)22(27(4,24)25)17-9-7-6-8-10-17/h6-15,19H,5H2,1-4H3,(H,21,23)/t15-,19-/m1/s1. The lowest BCUT2D eigenvalue weighted by Crippen LogP contribution is -2.48. The Bertz CT molecular complexity index is 851. The number of hydrogen-bond acceptors (Lipinski definition) is 4. The van der Waals surface area contributed by atoms with Gasteiger partial charge < -0.3 is 10.1 Å². The van der Waals surface area contributed by atoms with Crippen molar-refractivity contribution in [2.24, 2.45) is 0 Å². The molecule has 1 amide bonds. The van der Waals surface area contributed by atoms with Gasteiger partial charge in [0.25, 0.3) is 0 Å². The zero-order valence-corrected chi connectivity index (χ0v) is 16.9. The fourth-order valence-corrected chi connectivity index (χ4v) is 4.11. The van der Waals surface area contributed by atoms with E-state index in [0.717, 1.165) is 21.9 Å². The summed E-state index contributed by atoms with van der Waals surface area (Å²) in [4.78, 5) is 12.8. The summed E-state index contributed by atoms with van der Waals surface area (Å²) in [6.45, 7) is 3.55. The second-order valence-corrected chi connectivity index (χ2v) is 8.17. The Morgan fingerprint density at radius 2 is 1.70 bits per heavy atom. The number of hydrogen-bond donors (Lipinski definition) is 1. The van der Waals surface area contributed by atoms with Gasteiger partial charge in [0.15, 0.2) is 0 Å². The maximum atomic E-state index is 12.8. The second kappa shape index (κ2) is 8.90. The molecule has 0 radical (unpaired) electrons. The van der Waals surface area contributed by atoms with Gasteiger partial charge in [0.05, 0.1) is 25.1 Å². The third kappa shape index (κ3) is 5.23. The minimum atomic E-state index is -3.62. The monoisotopic (exact) mass is 390 g/mol. The van der Waals surface area contributed by atoms with E-state index in [4.69, 9.17) is 4.74 Å². The molecule has 0 saturated carbocycles. The van der Waals surface area contributed by atoms with Crippen LogP contribution in [0.3, 0.4) is 0 Å². The van der Waals surface area contributed by atoms with Crippen LogP contribution in [-0.2, 0) is 14.8 Å². The van der Waals surface area contributed by atoms with E-state index in [1.54, 1.807) is 44.4 Å². The average molecular weight is 391 g/mol. The molecule has 2 aromatic rings. The van der Waals surface area contributed by atoms with Crippen molar-refractivity contribution in [1.29, 1.82) is 0 Å². The zero-order chi connectivity index (χ0) is 20.0. The number of para-hydroxylation sites is 1. The van der Waals surface area contributed by atoms with Crippen LogP contribution in [0.2, 0.25) is 0 Å². The van der Waals surface area contributed by atoms with E-state index in [0.29, 0.717) is 12.1 Å². The van der Waals surface area contributed by atoms with E-state index in [1.165, 1.54) is 0 Å². The number of anilines is 1. The topological polar surface area (TPSA) is 75.7 Å². The van der Waals surface area contributed by atoms with Gasteiger partial charge in [0.1, 0.15) is 11.8 Å². The maximum absolute atomic E-state index is 12.8. The van der Waals surface area contributed by atoms with E-state index in [-0.39, 0.29) is 11.9 Å². The molecule has 0 aromatic heterocycles. The molecule has 27 heavy (non-hydrogen) atoms. The van der Waals surface area contributed by atoms with E-state index in [1.807, 2.05) is 31.2 Å². The minimum Gasteiger partial charge on any atom is -0.497 e. The third-order valence-corrected chi connectivity index (χ3v) is 5.58. The number of rotatable bonds is 8. The number of carbonyl (C=O) groups excluding carboxylic acids is 1. The zero-order valence-electron chi connectivity index (χ0n) is 16.0. The summed E-state index contributed by atoms with van der Waals surface area (Å²) in [6, 6.07) is 15.0. The Kier molecular flexibility index (Phi) is 6.85. The molecule has 146 valence electrons. The molecule has 0 aliphatic heterocycles. The molecule has 0 heterocycles. The fourth-order valence-electron chi connectivity index (χ4n) is 2.93. The molecule has 6 nitrogen and oxygen atoms in total. The lowest BCUT2D eigenvalue weighted by molar-refractivity contribution is -0.122. The molecular weight excluding hydrogens is 364 g/mol. The first kappa shape index (κ1) is 20.8. The number of ether oxygens (including phenoxy) is 1. The van der Waals surface area contributed by atoms with Gasteiger partial charge in [-0.3, -0.25) is 9.10 Å². The second-order valence-electron chi connectivity index (χ2n) is 6.31. The van der Waals surface area contributed by atoms with Crippen molar-refractivity contribution < 1.29 is 17.9 Å². The van der Waals surface area contributed by atoms with Crippen molar-refractivity contribution in [3.63, 3.8) is 0 Å². The van der Waals surface area contributed by atoms with Crippen LogP contribution in [0.15, 0.2) is 54.6 Å². The molecular formula is C20H26N2O4S. The van der Waals surface area contributed by atoms with Crippen molar-refractivity contribution >= 4 is 21.6 Å². The van der Waals surface area contributed by atoms with Gasteiger partial charge in [0.2, 0.25) is 15.9 Å². The van der Waals surface area contributed by atoms with E-state index < -0.39 is 16.1 Å². The number of benzene rings is 2. The molecule has 0 bridgehead atoms. The highest BCUT2D eigenvalue weighted by atomic mass is 32.2. The van der Waals surface area contributed by atoms with Gasteiger partial charge in [-0.15, -0.1) is 0 Å². The Hall–Kier alpha value is -2.54. The van der Waals surface area contributed by atoms with Crippen LogP contribution >= 0.6 is 0 Å². The predicted molar refractivity (Wildman–Crippen MR) is 107 cm³/mol. The molecule has 0 aliphatic rings. The van der Waals surface area contributed by atoms with Crippen molar-refractivity contribution in [1.82, 2.24) is 5.32 Å². The highest BCUT2D eigenvalue weighted by Crippen LogP contribution is 2.23. The van der Waals surface area contributed by atoms with Crippen molar-refractivity contribution in [2.45, 2.75) is 32.4 Å². The van der Waals surface area contributed by atoms with E-state index >= 15 is 0 Å². The summed E-state index contributed by atoms with van der Waals surface area (Å²) in [5, 5.41) is 2.96. The fraction of sp³-hybridized carbons (Fsp3) is 0.350. The van der Waals surface area contributed by atoms with Gasteiger partial charge >= 0.3 is 0 Å². The number of nitrogens with zero attached hydrogens (tertiary/aromatic N) is 1. The van der Waals surface area contributed by atoms with Crippen molar-refractivity contribution in [2.75, 3.05) is 17.7 Å². The molecule has 2 atom stereocenters. The van der Waals surface area contributed by atoms with E-state index in [9.17, 15) is 13.2 Å². The molecule has 2 aromatic carbocycles. The van der Waals surface area contributed by atoms with Crippen LogP contribution in [-0.4, -0.2) is 33.7 Å². The molecule has 1 N–H and O–H groups in total. The van der Waals surface area contributed by atoms with Crippen LogP contribution in [0.25, 0.3) is 0 Å². The van der Waals surface area contributed by atoms with Crippen LogP contribution in [0.5, 0.6) is 5.75 Å². The number of sulfonamides is 1. The molecule has 0 spiro atoms. The van der Waals surface area contributed by atoms with Crippen LogP contribution in [0, 0.1) is 0 Å².